The fourth-order valence-electron chi connectivity index (χ4n) is 1.36. The van der Waals surface area contributed by atoms with Crippen LogP contribution in [-0.4, -0.2) is 32.7 Å². The van der Waals surface area contributed by atoms with E-state index >= 15 is 0 Å². The minimum absolute atomic E-state index is 0.104. The molecule has 1 rings (SSSR count). The van der Waals surface area contributed by atoms with E-state index in [4.69, 9.17) is 10.5 Å². The Bertz CT molecular complexity index is 396. The second kappa shape index (κ2) is 5.81. The highest BCUT2D eigenvalue weighted by molar-refractivity contribution is 5.67. The molecule has 0 saturated heterocycles. The standard InChI is InChI=1S/C11H21N5O2/c1-8(13-10(17)18-11(2,3)4)6-16-7-9(5-12)14-15-16/h7-8H,5-6,12H2,1-4H3,(H,13,17). The molecule has 0 radical (unpaired) electrons. The minimum atomic E-state index is -0.496. The zero-order valence-electron chi connectivity index (χ0n) is 11.3. The lowest BCUT2D eigenvalue weighted by Gasteiger charge is -2.21. The van der Waals surface area contributed by atoms with Crippen molar-refractivity contribution in [2.45, 2.75) is 52.4 Å². The van der Waals surface area contributed by atoms with Crippen molar-refractivity contribution < 1.29 is 9.53 Å². The third-order valence-corrected chi connectivity index (χ3v) is 2.02. The Morgan fingerprint density at radius 2 is 2.28 bits per heavy atom. The number of nitrogens with two attached hydrogens (primary N) is 1. The van der Waals surface area contributed by atoms with Crippen molar-refractivity contribution in [2.75, 3.05) is 0 Å². The number of carbonyl (C=O) groups is 1. The van der Waals surface area contributed by atoms with Crippen LogP contribution in [0, 0.1) is 0 Å². The van der Waals surface area contributed by atoms with E-state index in [9.17, 15) is 4.79 Å². The number of alkyl carbamates (subject to hydrolysis) is 1. The Morgan fingerprint density at radius 3 is 2.78 bits per heavy atom. The SMILES string of the molecule is CC(Cn1cc(CN)nn1)NC(=O)OC(C)(C)C. The van der Waals surface area contributed by atoms with Gasteiger partial charge in [0.15, 0.2) is 0 Å². The molecule has 0 bridgehead atoms. The first-order valence-corrected chi connectivity index (χ1v) is 5.89. The quantitative estimate of drug-likeness (QED) is 0.823. The Morgan fingerprint density at radius 1 is 1.61 bits per heavy atom. The maximum Gasteiger partial charge on any atom is 0.407 e. The van der Waals surface area contributed by atoms with Gasteiger partial charge in [0.25, 0.3) is 0 Å². The number of nitrogens with one attached hydrogen (secondary N) is 1. The van der Waals surface area contributed by atoms with E-state index in [0.717, 1.165) is 5.69 Å². The molecule has 7 nitrogen and oxygen atoms in total. The molecule has 0 fully saturated rings. The Kier molecular flexibility index (Phi) is 4.66. The highest BCUT2D eigenvalue weighted by atomic mass is 16.6. The Balaban J connectivity index is 2.41. The van der Waals surface area contributed by atoms with Gasteiger partial charge in [-0.1, -0.05) is 5.21 Å². The molecular formula is C11H21N5O2. The summed E-state index contributed by atoms with van der Waals surface area (Å²) in [7, 11) is 0. The lowest BCUT2D eigenvalue weighted by molar-refractivity contribution is 0.0503. The zero-order chi connectivity index (χ0) is 13.8. The molecule has 1 amide bonds. The van der Waals surface area contributed by atoms with Crippen molar-refractivity contribution in [3.05, 3.63) is 11.9 Å². The highest BCUT2D eigenvalue weighted by Gasteiger charge is 2.17. The summed E-state index contributed by atoms with van der Waals surface area (Å²) in [4.78, 5) is 11.5. The van der Waals surface area contributed by atoms with Crippen LogP contribution in [0.15, 0.2) is 6.20 Å². The second-order valence-electron chi connectivity index (χ2n) is 5.18. The van der Waals surface area contributed by atoms with Gasteiger partial charge in [-0.05, 0) is 27.7 Å². The summed E-state index contributed by atoms with van der Waals surface area (Å²) in [5, 5.41) is 10.5. The summed E-state index contributed by atoms with van der Waals surface area (Å²) in [6.07, 6.45) is 1.32. The first kappa shape index (κ1) is 14.4. The number of carbonyl (C=O) groups excluding carboxylic acids is 1. The van der Waals surface area contributed by atoms with Crippen LogP contribution in [0.2, 0.25) is 0 Å². The van der Waals surface area contributed by atoms with E-state index in [1.54, 1.807) is 10.9 Å². The summed E-state index contributed by atoms with van der Waals surface area (Å²) in [6.45, 7) is 8.21. The smallest absolute Gasteiger partial charge is 0.407 e. The van der Waals surface area contributed by atoms with E-state index in [1.807, 2.05) is 27.7 Å². The van der Waals surface area contributed by atoms with Crippen LogP contribution in [0.1, 0.15) is 33.4 Å². The molecule has 3 N–H and O–H groups in total. The molecule has 0 aliphatic carbocycles. The van der Waals surface area contributed by atoms with Gasteiger partial charge < -0.3 is 15.8 Å². The lowest BCUT2D eigenvalue weighted by Crippen LogP contribution is -2.39. The fraction of sp³-hybridized carbons (Fsp3) is 0.727. The fourth-order valence-corrected chi connectivity index (χ4v) is 1.36. The average Bonchev–Trinajstić information content (AvgIpc) is 2.61. The molecule has 1 unspecified atom stereocenters. The van der Waals surface area contributed by atoms with Crippen molar-refractivity contribution in [2.24, 2.45) is 5.73 Å². The molecule has 0 saturated carbocycles. The molecule has 0 aromatic carbocycles. The van der Waals surface area contributed by atoms with Crippen LogP contribution in [0.5, 0.6) is 0 Å². The molecule has 102 valence electrons. The molecule has 0 aliphatic rings. The third kappa shape index (κ3) is 5.13. The van der Waals surface area contributed by atoms with E-state index in [1.165, 1.54) is 0 Å². The molecule has 1 aromatic rings. The lowest BCUT2D eigenvalue weighted by atomic mass is 10.2. The summed E-state index contributed by atoms with van der Waals surface area (Å²) >= 11 is 0. The van der Waals surface area contributed by atoms with E-state index in [-0.39, 0.29) is 6.04 Å². The largest absolute Gasteiger partial charge is 0.444 e. The number of aromatic nitrogens is 3. The van der Waals surface area contributed by atoms with Crippen LogP contribution in [0.4, 0.5) is 4.79 Å². The second-order valence-corrected chi connectivity index (χ2v) is 5.18. The van der Waals surface area contributed by atoms with Crippen molar-refractivity contribution in [3.63, 3.8) is 0 Å². The zero-order valence-corrected chi connectivity index (χ0v) is 11.3. The molecule has 1 atom stereocenters. The van der Waals surface area contributed by atoms with E-state index < -0.39 is 11.7 Å². The van der Waals surface area contributed by atoms with Gasteiger partial charge in [-0.3, -0.25) is 4.68 Å². The molecule has 1 heterocycles. The summed E-state index contributed by atoms with van der Waals surface area (Å²) in [5.41, 5.74) is 5.66. The summed E-state index contributed by atoms with van der Waals surface area (Å²) in [5.74, 6) is 0. The van der Waals surface area contributed by atoms with Gasteiger partial charge in [0, 0.05) is 18.8 Å². The Hall–Kier alpha value is -1.63. The van der Waals surface area contributed by atoms with Crippen LogP contribution in [0.25, 0.3) is 0 Å². The number of hydrogen-bond donors (Lipinski definition) is 2. The van der Waals surface area contributed by atoms with Gasteiger partial charge in [0.1, 0.15) is 5.60 Å². The molecule has 18 heavy (non-hydrogen) atoms. The molecule has 0 aliphatic heterocycles. The van der Waals surface area contributed by atoms with Gasteiger partial charge in [0.2, 0.25) is 0 Å². The summed E-state index contributed by atoms with van der Waals surface area (Å²) < 4.78 is 6.80. The topological polar surface area (TPSA) is 95.1 Å². The maximum atomic E-state index is 11.5. The van der Waals surface area contributed by atoms with Crippen molar-refractivity contribution in [3.8, 4) is 0 Å². The van der Waals surface area contributed by atoms with E-state index in [2.05, 4.69) is 15.6 Å². The number of ether oxygens (including phenoxy) is 1. The van der Waals surface area contributed by atoms with Crippen LogP contribution < -0.4 is 11.1 Å². The molecule has 1 aromatic heterocycles. The number of hydrogen-bond acceptors (Lipinski definition) is 5. The minimum Gasteiger partial charge on any atom is -0.444 e. The van der Waals surface area contributed by atoms with Crippen LogP contribution in [-0.2, 0) is 17.8 Å². The van der Waals surface area contributed by atoms with Gasteiger partial charge in [-0.15, -0.1) is 5.10 Å². The number of rotatable bonds is 4. The molecule has 0 spiro atoms. The Labute approximate surface area is 107 Å². The first-order chi connectivity index (χ1) is 8.30. The number of nitrogens with zero attached hydrogens (tertiary/aromatic N) is 3. The average molecular weight is 255 g/mol. The number of amides is 1. The monoisotopic (exact) mass is 255 g/mol. The predicted molar refractivity (Wildman–Crippen MR) is 66.7 cm³/mol. The van der Waals surface area contributed by atoms with Crippen molar-refractivity contribution >= 4 is 6.09 Å². The highest BCUT2D eigenvalue weighted by Crippen LogP contribution is 2.06. The van der Waals surface area contributed by atoms with E-state index in [0.29, 0.717) is 13.1 Å². The predicted octanol–water partition coefficient (Wildman–Crippen LogP) is 0.650. The van der Waals surface area contributed by atoms with Crippen molar-refractivity contribution in [1.29, 1.82) is 0 Å². The van der Waals surface area contributed by atoms with Gasteiger partial charge in [0.05, 0.1) is 12.2 Å². The van der Waals surface area contributed by atoms with Gasteiger partial charge >= 0.3 is 6.09 Å². The van der Waals surface area contributed by atoms with Crippen LogP contribution >= 0.6 is 0 Å². The molecule has 7 heteroatoms. The maximum absolute atomic E-state index is 11.5. The van der Waals surface area contributed by atoms with Crippen LogP contribution in [0.3, 0.4) is 0 Å². The summed E-state index contributed by atoms with van der Waals surface area (Å²) in [6, 6.07) is -0.104. The van der Waals surface area contributed by atoms with Crippen molar-refractivity contribution in [1.82, 2.24) is 20.3 Å². The normalized spacial score (nSPS) is 13.2. The molecular weight excluding hydrogens is 234 g/mol. The van der Waals surface area contributed by atoms with Gasteiger partial charge in [-0.2, -0.15) is 0 Å². The first-order valence-electron chi connectivity index (χ1n) is 5.89. The van der Waals surface area contributed by atoms with Gasteiger partial charge in [-0.25, -0.2) is 4.79 Å². The third-order valence-electron chi connectivity index (χ3n) is 2.02.